The number of aliphatic hydroxyl groups is 1. The van der Waals surface area contributed by atoms with Crippen LogP contribution in [0.1, 0.15) is 18.1 Å². The molecule has 0 saturated carbocycles. The van der Waals surface area contributed by atoms with E-state index < -0.39 is 6.10 Å². The summed E-state index contributed by atoms with van der Waals surface area (Å²) in [7, 11) is 4.97. The minimum atomic E-state index is -0.587. The van der Waals surface area contributed by atoms with Crippen molar-refractivity contribution in [3.8, 4) is 11.5 Å². The summed E-state index contributed by atoms with van der Waals surface area (Å²) < 4.78 is 15.8. The molecular formula is C16H25NO4. The van der Waals surface area contributed by atoms with E-state index in [1.54, 1.807) is 21.3 Å². The molecule has 0 aromatic heterocycles. The lowest BCUT2D eigenvalue weighted by molar-refractivity contribution is 0.113. The average molecular weight is 295 g/mol. The Morgan fingerprint density at radius 1 is 1.29 bits per heavy atom. The molecule has 1 aromatic carbocycles. The van der Waals surface area contributed by atoms with E-state index in [1.807, 2.05) is 18.2 Å². The predicted molar refractivity (Wildman–Crippen MR) is 80.9 cm³/mol. The molecule has 1 fully saturated rings. The number of hydrogen-bond acceptors (Lipinski definition) is 5. The topological polar surface area (TPSA) is 51.2 Å². The SMILES string of the molecule is COCC1CCN(CC(O)c2cc(OC)ccc2OC)C1. The second-order valence-electron chi connectivity index (χ2n) is 5.49. The maximum Gasteiger partial charge on any atom is 0.124 e. The lowest BCUT2D eigenvalue weighted by atomic mass is 10.1. The van der Waals surface area contributed by atoms with Crippen LogP contribution in [0.3, 0.4) is 0 Å². The molecule has 1 aliphatic heterocycles. The summed E-state index contributed by atoms with van der Waals surface area (Å²) in [5.74, 6) is 1.98. The molecular weight excluding hydrogens is 270 g/mol. The van der Waals surface area contributed by atoms with E-state index in [9.17, 15) is 5.11 Å². The van der Waals surface area contributed by atoms with Gasteiger partial charge in [-0.25, -0.2) is 0 Å². The van der Waals surface area contributed by atoms with Gasteiger partial charge in [0.15, 0.2) is 0 Å². The minimum Gasteiger partial charge on any atom is -0.497 e. The smallest absolute Gasteiger partial charge is 0.124 e. The fourth-order valence-corrected chi connectivity index (χ4v) is 2.89. The summed E-state index contributed by atoms with van der Waals surface area (Å²) in [5.41, 5.74) is 0.770. The molecule has 1 saturated heterocycles. The van der Waals surface area contributed by atoms with E-state index in [0.29, 0.717) is 18.2 Å². The first-order valence-electron chi connectivity index (χ1n) is 7.29. The molecule has 1 N–H and O–H groups in total. The molecule has 2 atom stereocenters. The molecule has 2 unspecified atom stereocenters. The zero-order valence-corrected chi connectivity index (χ0v) is 13.0. The van der Waals surface area contributed by atoms with Crippen LogP contribution in [0.5, 0.6) is 11.5 Å². The van der Waals surface area contributed by atoms with Crippen molar-refractivity contribution in [1.82, 2.24) is 4.90 Å². The standard InChI is InChI=1S/C16H25NO4/c1-19-11-12-6-7-17(9-12)10-15(18)14-8-13(20-2)4-5-16(14)21-3/h4-5,8,12,15,18H,6-7,9-11H2,1-3H3. The second kappa shape index (κ2) is 7.64. The summed E-state index contributed by atoms with van der Waals surface area (Å²) in [5, 5.41) is 10.5. The third-order valence-corrected chi connectivity index (χ3v) is 4.00. The molecule has 1 aromatic rings. The van der Waals surface area contributed by atoms with Crippen molar-refractivity contribution in [2.45, 2.75) is 12.5 Å². The van der Waals surface area contributed by atoms with E-state index >= 15 is 0 Å². The lowest BCUT2D eigenvalue weighted by Crippen LogP contribution is -2.27. The van der Waals surface area contributed by atoms with Crippen molar-refractivity contribution in [1.29, 1.82) is 0 Å². The Morgan fingerprint density at radius 2 is 2.10 bits per heavy atom. The lowest BCUT2D eigenvalue weighted by Gasteiger charge is -2.22. The largest absolute Gasteiger partial charge is 0.497 e. The van der Waals surface area contributed by atoms with E-state index in [2.05, 4.69) is 4.90 Å². The Hall–Kier alpha value is -1.30. The van der Waals surface area contributed by atoms with Crippen LogP contribution in [-0.2, 0) is 4.74 Å². The summed E-state index contributed by atoms with van der Waals surface area (Å²) in [4.78, 5) is 2.27. The number of nitrogens with zero attached hydrogens (tertiary/aromatic N) is 1. The van der Waals surface area contributed by atoms with Crippen molar-refractivity contribution < 1.29 is 19.3 Å². The van der Waals surface area contributed by atoms with Gasteiger partial charge in [0.05, 0.1) is 26.9 Å². The third-order valence-electron chi connectivity index (χ3n) is 4.00. The Kier molecular flexibility index (Phi) is 5.85. The Labute approximate surface area is 126 Å². The predicted octanol–water partition coefficient (Wildman–Crippen LogP) is 1.71. The summed E-state index contributed by atoms with van der Waals surface area (Å²) in [6.45, 7) is 3.35. The highest BCUT2D eigenvalue weighted by atomic mass is 16.5. The molecule has 0 bridgehead atoms. The highest BCUT2D eigenvalue weighted by molar-refractivity contribution is 5.41. The molecule has 0 radical (unpaired) electrons. The quantitative estimate of drug-likeness (QED) is 0.830. The maximum atomic E-state index is 10.5. The molecule has 0 aliphatic carbocycles. The minimum absolute atomic E-state index is 0.564. The summed E-state index contributed by atoms with van der Waals surface area (Å²) >= 11 is 0. The first-order chi connectivity index (χ1) is 10.2. The first-order valence-corrected chi connectivity index (χ1v) is 7.29. The number of ether oxygens (including phenoxy) is 3. The van der Waals surface area contributed by atoms with Crippen LogP contribution in [0.4, 0.5) is 0 Å². The molecule has 5 nitrogen and oxygen atoms in total. The monoisotopic (exact) mass is 295 g/mol. The molecule has 0 amide bonds. The zero-order valence-electron chi connectivity index (χ0n) is 13.0. The van der Waals surface area contributed by atoms with E-state index in [-0.39, 0.29) is 0 Å². The Bertz CT molecular complexity index is 452. The van der Waals surface area contributed by atoms with E-state index in [4.69, 9.17) is 14.2 Å². The fourth-order valence-electron chi connectivity index (χ4n) is 2.89. The molecule has 118 valence electrons. The van der Waals surface area contributed by atoms with Gasteiger partial charge in [-0.1, -0.05) is 0 Å². The van der Waals surface area contributed by atoms with E-state index in [0.717, 1.165) is 37.4 Å². The van der Waals surface area contributed by atoms with Crippen LogP contribution in [0.15, 0.2) is 18.2 Å². The van der Waals surface area contributed by atoms with Crippen LogP contribution in [0.2, 0.25) is 0 Å². The van der Waals surface area contributed by atoms with Crippen molar-refractivity contribution in [2.24, 2.45) is 5.92 Å². The van der Waals surface area contributed by atoms with Gasteiger partial charge in [-0.05, 0) is 37.1 Å². The molecule has 1 aliphatic rings. The van der Waals surface area contributed by atoms with Gasteiger partial charge in [-0.3, -0.25) is 0 Å². The van der Waals surface area contributed by atoms with Gasteiger partial charge in [0.1, 0.15) is 11.5 Å². The van der Waals surface area contributed by atoms with E-state index in [1.165, 1.54) is 0 Å². The third kappa shape index (κ3) is 4.09. The first kappa shape index (κ1) is 16.1. The van der Waals surface area contributed by atoms with Crippen LogP contribution in [0, 0.1) is 5.92 Å². The molecule has 5 heteroatoms. The Morgan fingerprint density at radius 3 is 2.76 bits per heavy atom. The van der Waals surface area contributed by atoms with Gasteiger partial charge >= 0.3 is 0 Å². The van der Waals surface area contributed by atoms with Gasteiger partial charge in [0, 0.05) is 25.8 Å². The fraction of sp³-hybridized carbons (Fsp3) is 0.625. The molecule has 21 heavy (non-hydrogen) atoms. The number of benzene rings is 1. The van der Waals surface area contributed by atoms with Crippen LogP contribution in [0.25, 0.3) is 0 Å². The summed E-state index contributed by atoms with van der Waals surface area (Å²) in [6, 6.07) is 5.50. The van der Waals surface area contributed by atoms with Crippen LogP contribution >= 0.6 is 0 Å². The maximum absolute atomic E-state index is 10.5. The average Bonchev–Trinajstić information content (AvgIpc) is 2.94. The number of likely N-dealkylation sites (tertiary alicyclic amines) is 1. The molecule has 1 heterocycles. The van der Waals surface area contributed by atoms with Crippen LogP contribution in [-0.4, -0.2) is 57.6 Å². The highest BCUT2D eigenvalue weighted by Crippen LogP contribution is 2.30. The van der Waals surface area contributed by atoms with Crippen molar-refractivity contribution in [3.63, 3.8) is 0 Å². The number of hydrogen-bond donors (Lipinski definition) is 1. The summed E-state index contributed by atoms with van der Waals surface area (Å²) in [6.07, 6.45) is 0.534. The van der Waals surface area contributed by atoms with Gasteiger partial charge < -0.3 is 24.2 Å². The van der Waals surface area contributed by atoms with Gasteiger partial charge in [-0.2, -0.15) is 0 Å². The zero-order chi connectivity index (χ0) is 15.2. The second-order valence-corrected chi connectivity index (χ2v) is 5.49. The van der Waals surface area contributed by atoms with Crippen molar-refractivity contribution in [2.75, 3.05) is 47.6 Å². The van der Waals surface area contributed by atoms with Gasteiger partial charge in [-0.15, -0.1) is 0 Å². The van der Waals surface area contributed by atoms with Gasteiger partial charge in [0.25, 0.3) is 0 Å². The number of methoxy groups -OCH3 is 3. The van der Waals surface area contributed by atoms with Gasteiger partial charge in [0.2, 0.25) is 0 Å². The van der Waals surface area contributed by atoms with Crippen molar-refractivity contribution in [3.05, 3.63) is 23.8 Å². The highest BCUT2D eigenvalue weighted by Gasteiger charge is 2.25. The van der Waals surface area contributed by atoms with Crippen LogP contribution < -0.4 is 9.47 Å². The molecule has 2 rings (SSSR count). The molecule has 0 spiro atoms. The normalized spacial score (nSPS) is 20.5. The number of β-amino-alcohol motifs (C(OH)–C–C–N with tert-alkyl or cyclic N) is 1. The number of aliphatic hydroxyl groups excluding tert-OH is 1. The van der Waals surface area contributed by atoms with Crippen molar-refractivity contribution >= 4 is 0 Å². The Balaban J connectivity index is 2.01. The number of rotatable bonds is 7.